The number of hydrogen-bond donors (Lipinski definition) is 0. The van der Waals surface area contributed by atoms with Gasteiger partial charge in [-0.3, -0.25) is 0 Å². The number of nitrogens with zero attached hydrogens (tertiary/aromatic N) is 1. The van der Waals surface area contributed by atoms with E-state index in [2.05, 4.69) is 0 Å². The summed E-state index contributed by atoms with van der Waals surface area (Å²) in [6.07, 6.45) is 1.59. The highest BCUT2D eigenvalue weighted by atomic mass is 32.2. The van der Waals surface area contributed by atoms with Gasteiger partial charge in [-0.15, -0.1) is 0 Å². The summed E-state index contributed by atoms with van der Waals surface area (Å²) in [5.74, 6) is 0. The fourth-order valence-electron chi connectivity index (χ4n) is 3.29. The van der Waals surface area contributed by atoms with E-state index in [9.17, 15) is 8.42 Å². The van der Waals surface area contributed by atoms with Crippen molar-refractivity contribution in [2.24, 2.45) is 0 Å². The third-order valence-corrected chi connectivity index (χ3v) is 7.49. The number of rotatable bonds is 3. The van der Waals surface area contributed by atoms with E-state index in [1.54, 1.807) is 42.6 Å². The topological polar surface area (TPSA) is 57.5 Å². The van der Waals surface area contributed by atoms with Crippen LogP contribution in [0, 0.1) is 6.92 Å². The molecule has 0 amide bonds. The van der Waals surface area contributed by atoms with E-state index in [0.29, 0.717) is 5.52 Å². The molecule has 0 saturated carbocycles. The summed E-state index contributed by atoms with van der Waals surface area (Å²) >= 11 is 0. The highest BCUT2D eigenvalue weighted by Gasteiger charge is 2.51. The Bertz CT molecular complexity index is 1130. The molecule has 146 valence electrons. The van der Waals surface area contributed by atoms with Crippen LogP contribution in [0.25, 0.3) is 10.9 Å². The first-order valence-corrected chi connectivity index (χ1v) is 10.7. The highest BCUT2D eigenvalue weighted by molar-refractivity contribution is 7.90. The summed E-state index contributed by atoms with van der Waals surface area (Å²) in [4.78, 5) is 0.269. The Hall–Kier alpha value is -2.09. The van der Waals surface area contributed by atoms with Crippen molar-refractivity contribution in [3.8, 4) is 0 Å². The van der Waals surface area contributed by atoms with Gasteiger partial charge in [-0.2, -0.15) is 0 Å². The predicted molar refractivity (Wildman–Crippen MR) is 111 cm³/mol. The zero-order chi connectivity index (χ0) is 20.3. The molecule has 28 heavy (non-hydrogen) atoms. The first kappa shape index (κ1) is 19.2. The van der Waals surface area contributed by atoms with Gasteiger partial charge in [0, 0.05) is 11.6 Å². The minimum Gasteiger partial charge on any atom is -0.399 e. The van der Waals surface area contributed by atoms with Crippen molar-refractivity contribution < 1.29 is 17.7 Å². The summed E-state index contributed by atoms with van der Waals surface area (Å²) in [6, 6.07) is 14.3. The van der Waals surface area contributed by atoms with Crippen molar-refractivity contribution in [1.29, 1.82) is 0 Å². The van der Waals surface area contributed by atoms with Crippen LogP contribution >= 0.6 is 0 Å². The van der Waals surface area contributed by atoms with Gasteiger partial charge in [0.25, 0.3) is 10.0 Å². The Morgan fingerprint density at radius 3 is 2.11 bits per heavy atom. The van der Waals surface area contributed by atoms with Crippen LogP contribution in [0.5, 0.6) is 0 Å². The number of benzene rings is 2. The van der Waals surface area contributed by atoms with Crippen LogP contribution < -0.4 is 5.46 Å². The minimum atomic E-state index is -3.65. The number of hydrogen-bond acceptors (Lipinski definition) is 4. The normalized spacial score (nSPS) is 18.7. The number of fused-ring (bicyclic) bond motifs is 1. The molecular weight excluding hydrogens is 373 g/mol. The molecule has 0 spiro atoms. The Balaban J connectivity index is 1.72. The number of aryl methyl sites for hydroxylation is 1. The average Bonchev–Trinajstić information content (AvgIpc) is 3.13. The third-order valence-electron chi connectivity index (χ3n) is 5.78. The fraction of sp³-hybridized carbons (Fsp3) is 0.333. The molecule has 1 aliphatic rings. The molecule has 0 unspecified atom stereocenters. The van der Waals surface area contributed by atoms with Crippen LogP contribution in [-0.2, 0) is 19.3 Å². The minimum absolute atomic E-state index is 0.269. The van der Waals surface area contributed by atoms with E-state index >= 15 is 0 Å². The highest BCUT2D eigenvalue weighted by Crippen LogP contribution is 2.36. The molecule has 1 fully saturated rings. The van der Waals surface area contributed by atoms with Crippen molar-refractivity contribution in [3.05, 3.63) is 60.3 Å². The van der Waals surface area contributed by atoms with Crippen LogP contribution in [0.15, 0.2) is 59.6 Å². The molecule has 2 aromatic carbocycles. The molecule has 7 heteroatoms. The van der Waals surface area contributed by atoms with Crippen LogP contribution in [0.3, 0.4) is 0 Å². The monoisotopic (exact) mass is 397 g/mol. The SMILES string of the molecule is Cc1ccc(S(=O)(=O)n2ccc3cc(B4OC(C)(C)C(C)(C)O4)ccc32)cc1. The zero-order valence-electron chi connectivity index (χ0n) is 16.8. The van der Waals surface area contributed by atoms with Gasteiger partial charge in [0.2, 0.25) is 0 Å². The van der Waals surface area contributed by atoms with Gasteiger partial charge in [-0.1, -0.05) is 29.8 Å². The van der Waals surface area contributed by atoms with Gasteiger partial charge < -0.3 is 9.31 Å². The van der Waals surface area contributed by atoms with Crippen LogP contribution in [-0.4, -0.2) is 30.7 Å². The summed E-state index contributed by atoms with van der Waals surface area (Å²) < 4.78 is 39.6. The molecule has 4 rings (SSSR count). The Morgan fingerprint density at radius 1 is 0.893 bits per heavy atom. The molecule has 0 radical (unpaired) electrons. The van der Waals surface area contributed by atoms with Crippen molar-refractivity contribution in [3.63, 3.8) is 0 Å². The maximum absolute atomic E-state index is 13.0. The molecule has 0 atom stereocenters. The maximum Gasteiger partial charge on any atom is 0.494 e. The second kappa shape index (κ2) is 6.21. The second-order valence-electron chi connectivity index (χ2n) is 8.34. The lowest BCUT2D eigenvalue weighted by Gasteiger charge is -2.32. The van der Waals surface area contributed by atoms with E-state index < -0.39 is 28.3 Å². The zero-order valence-corrected chi connectivity index (χ0v) is 17.6. The van der Waals surface area contributed by atoms with Crippen molar-refractivity contribution in [2.45, 2.75) is 50.7 Å². The summed E-state index contributed by atoms with van der Waals surface area (Å²) in [6.45, 7) is 9.97. The summed E-state index contributed by atoms with van der Waals surface area (Å²) in [5, 5.41) is 0.822. The molecule has 1 aromatic heterocycles. The quantitative estimate of drug-likeness (QED) is 0.635. The van der Waals surface area contributed by atoms with Gasteiger partial charge in [-0.05, 0) is 64.3 Å². The van der Waals surface area contributed by atoms with E-state index in [1.807, 2.05) is 46.8 Å². The van der Waals surface area contributed by atoms with Crippen LogP contribution in [0.1, 0.15) is 33.3 Å². The third kappa shape index (κ3) is 2.98. The Morgan fingerprint density at radius 2 is 1.50 bits per heavy atom. The van der Waals surface area contributed by atoms with Gasteiger partial charge in [-0.25, -0.2) is 12.4 Å². The standard InChI is InChI=1S/C21H24BNO4S/c1-15-6-9-18(10-7-15)28(24,25)23-13-12-16-14-17(8-11-19(16)23)22-26-20(2,3)21(4,5)27-22/h6-14H,1-5H3. The Kier molecular flexibility index (Phi) is 4.27. The Labute approximate surface area is 166 Å². The van der Waals surface area contributed by atoms with E-state index in [0.717, 1.165) is 16.4 Å². The summed E-state index contributed by atoms with van der Waals surface area (Å²) in [5.41, 5.74) is 1.67. The van der Waals surface area contributed by atoms with Gasteiger partial charge in [0.15, 0.2) is 0 Å². The molecule has 0 aliphatic carbocycles. The van der Waals surface area contributed by atoms with Crippen molar-refractivity contribution >= 4 is 33.5 Å². The molecule has 3 aromatic rings. The summed E-state index contributed by atoms with van der Waals surface area (Å²) in [7, 11) is -4.13. The smallest absolute Gasteiger partial charge is 0.399 e. The molecule has 1 aliphatic heterocycles. The van der Waals surface area contributed by atoms with E-state index in [-0.39, 0.29) is 4.90 Å². The van der Waals surface area contributed by atoms with Crippen LogP contribution in [0.4, 0.5) is 0 Å². The van der Waals surface area contributed by atoms with Gasteiger partial charge in [0.1, 0.15) is 0 Å². The lowest BCUT2D eigenvalue weighted by Crippen LogP contribution is -2.41. The molecule has 0 bridgehead atoms. The maximum atomic E-state index is 13.0. The van der Waals surface area contributed by atoms with E-state index in [4.69, 9.17) is 9.31 Å². The largest absolute Gasteiger partial charge is 0.494 e. The first-order valence-electron chi connectivity index (χ1n) is 9.30. The van der Waals surface area contributed by atoms with Crippen molar-refractivity contribution in [1.82, 2.24) is 3.97 Å². The first-order chi connectivity index (χ1) is 13.0. The van der Waals surface area contributed by atoms with Gasteiger partial charge >= 0.3 is 7.12 Å². The van der Waals surface area contributed by atoms with Crippen molar-refractivity contribution in [2.75, 3.05) is 0 Å². The van der Waals surface area contributed by atoms with Gasteiger partial charge in [0.05, 0.1) is 21.6 Å². The molecule has 0 N–H and O–H groups in total. The lowest BCUT2D eigenvalue weighted by atomic mass is 9.79. The number of aromatic nitrogens is 1. The second-order valence-corrected chi connectivity index (χ2v) is 10.2. The fourth-order valence-corrected chi connectivity index (χ4v) is 4.65. The molecule has 1 saturated heterocycles. The lowest BCUT2D eigenvalue weighted by molar-refractivity contribution is 0.00578. The van der Waals surface area contributed by atoms with Crippen LogP contribution in [0.2, 0.25) is 0 Å². The average molecular weight is 397 g/mol. The predicted octanol–water partition coefficient (Wildman–Crippen LogP) is 3.49. The molecular formula is C21H24BNO4S. The molecule has 2 heterocycles. The van der Waals surface area contributed by atoms with E-state index in [1.165, 1.54) is 3.97 Å². The molecule has 5 nitrogen and oxygen atoms in total.